The molecule has 2 heterocycles. The number of likely N-dealkylation sites (tertiary alicyclic amines) is 1. The number of anilines is 2. The number of nitrogens with one attached hydrogen (secondary N) is 2. The molecule has 1 aromatic heterocycles. The number of halogens is 1. The van der Waals surface area contributed by atoms with Crippen LogP contribution in [0.3, 0.4) is 0 Å². The van der Waals surface area contributed by atoms with Gasteiger partial charge in [0.15, 0.2) is 5.13 Å². The Labute approximate surface area is 174 Å². The van der Waals surface area contributed by atoms with Gasteiger partial charge in [-0.1, -0.05) is 17.7 Å². The lowest BCUT2D eigenvalue weighted by Crippen LogP contribution is -2.47. The summed E-state index contributed by atoms with van der Waals surface area (Å²) in [6.45, 7) is 7.10. The summed E-state index contributed by atoms with van der Waals surface area (Å²) in [5, 5.41) is 9.06. The van der Waals surface area contributed by atoms with Crippen LogP contribution in [0.1, 0.15) is 31.0 Å². The van der Waals surface area contributed by atoms with E-state index in [0.29, 0.717) is 23.2 Å². The maximum atomic E-state index is 12.7. The number of benzene rings is 1. The fourth-order valence-corrected chi connectivity index (χ4v) is 4.18. The second-order valence-electron chi connectivity index (χ2n) is 7.17. The Morgan fingerprint density at radius 3 is 2.61 bits per heavy atom. The highest BCUT2D eigenvalue weighted by Crippen LogP contribution is 2.25. The highest BCUT2D eigenvalue weighted by molar-refractivity contribution is 7.13. The quantitative estimate of drug-likeness (QED) is 0.763. The zero-order valence-corrected chi connectivity index (χ0v) is 17.9. The molecule has 1 aromatic carbocycles. The van der Waals surface area contributed by atoms with E-state index >= 15 is 0 Å². The van der Waals surface area contributed by atoms with Crippen molar-refractivity contribution in [1.82, 2.24) is 9.88 Å². The van der Waals surface area contributed by atoms with E-state index in [1.807, 2.05) is 38.3 Å². The zero-order valence-electron chi connectivity index (χ0n) is 16.3. The highest BCUT2D eigenvalue weighted by atomic mass is 35.5. The summed E-state index contributed by atoms with van der Waals surface area (Å²) in [5.74, 6) is -0.0990. The number of thiazole rings is 1. The Morgan fingerprint density at radius 2 is 1.96 bits per heavy atom. The van der Waals surface area contributed by atoms with Crippen molar-refractivity contribution in [3.63, 3.8) is 0 Å². The van der Waals surface area contributed by atoms with Gasteiger partial charge in [-0.05, 0) is 64.4 Å². The highest BCUT2D eigenvalue weighted by Gasteiger charge is 2.30. The third-order valence-electron chi connectivity index (χ3n) is 5.20. The molecule has 2 aromatic rings. The van der Waals surface area contributed by atoms with Crippen molar-refractivity contribution in [2.75, 3.05) is 23.7 Å². The van der Waals surface area contributed by atoms with Crippen molar-refractivity contribution in [1.29, 1.82) is 0 Å². The van der Waals surface area contributed by atoms with Gasteiger partial charge in [0.25, 0.3) is 0 Å². The molecule has 0 radical (unpaired) electrons. The predicted molar refractivity (Wildman–Crippen MR) is 114 cm³/mol. The minimum Gasteiger partial charge on any atom is -0.324 e. The molecule has 1 aliphatic heterocycles. The Bertz CT molecular complexity index is 862. The monoisotopic (exact) mass is 420 g/mol. The van der Waals surface area contributed by atoms with Gasteiger partial charge in [0.1, 0.15) is 0 Å². The molecular weight excluding hydrogens is 396 g/mol. The number of nitrogens with zero attached hydrogens (tertiary/aromatic N) is 2. The van der Waals surface area contributed by atoms with E-state index in [9.17, 15) is 9.59 Å². The fraction of sp³-hybridized carbons (Fsp3) is 0.450. The molecule has 150 valence electrons. The van der Waals surface area contributed by atoms with Crippen LogP contribution in [-0.4, -0.2) is 40.8 Å². The molecule has 6 nitrogen and oxygen atoms in total. The molecule has 1 fully saturated rings. The largest absolute Gasteiger partial charge is 0.324 e. The average molecular weight is 421 g/mol. The molecule has 1 aliphatic rings. The summed E-state index contributed by atoms with van der Waals surface area (Å²) >= 11 is 7.57. The summed E-state index contributed by atoms with van der Waals surface area (Å²) in [4.78, 5) is 31.5. The second-order valence-corrected chi connectivity index (χ2v) is 8.44. The van der Waals surface area contributed by atoms with Crippen molar-refractivity contribution in [2.24, 2.45) is 5.92 Å². The van der Waals surface area contributed by atoms with Gasteiger partial charge in [-0.2, -0.15) is 0 Å². The fourth-order valence-electron chi connectivity index (χ4n) is 3.31. The van der Waals surface area contributed by atoms with Gasteiger partial charge in [0.2, 0.25) is 11.8 Å². The number of amides is 2. The van der Waals surface area contributed by atoms with Gasteiger partial charge in [-0.15, -0.1) is 11.3 Å². The van der Waals surface area contributed by atoms with E-state index in [4.69, 9.17) is 11.6 Å². The first-order valence-corrected chi connectivity index (χ1v) is 10.6. The molecule has 0 saturated carbocycles. The maximum Gasteiger partial charge on any atom is 0.241 e. The number of carbonyl (C=O) groups excluding carboxylic acids is 2. The van der Waals surface area contributed by atoms with Crippen LogP contribution in [-0.2, 0) is 9.59 Å². The van der Waals surface area contributed by atoms with Crippen molar-refractivity contribution in [3.05, 3.63) is 39.9 Å². The minimum absolute atomic E-state index is 0.0145. The summed E-state index contributed by atoms with van der Waals surface area (Å²) in [7, 11) is 0. The first-order valence-electron chi connectivity index (χ1n) is 9.38. The number of rotatable bonds is 5. The summed E-state index contributed by atoms with van der Waals surface area (Å²) in [6.07, 6.45) is 1.45. The molecule has 1 atom stereocenters. The van der Waals surface area contributed by atoms with Crippen LogP contribution < -0.4 is 10.6 Å². The topological polar surface area (TPSA) is 74.3 Å². The second kappa shape index (κ2) is 9.03. The normalized spacial score (nSPS) is 16.6. The van der Waals surface area contributed by atoms with Crippen molar-refractivity contribution in [3.8, 4) is 0 Å². The van der Waals surface area contributed by atoms with Crippen molar-refractivity contribution < 1.29 is 9.59 Å². The predicted octanol–water partition coefficient (Wildman–Crippen LogP) is 4.09. The van der Waals surface area contributed by atoms with E-state index in [-0.39, 0.29) is 23.8 Å². The lowest BCUT2D eigenvalue weighted by Gasteiger charge is -2.34. The van der Waals surface area contributed by atoms with Crippen LogP contribution in [0.4, 0.5) is 10.8 Å². The number of aryl methyl sites for hydroxylation is 1. The minimum atomic E-state index is -0.274. The number of hydrogen-bond acceptors (Lipinski definition) is 5. The molecule has 0 spiro atoms. The van der Waals surface area contributed by atoms with Gasteiger partial charge < -0.3 is 10.6 Å². The molecule has 2 amide bonds. The molecule has 2 N–H and O–H groups in total. The van der Waals surface area contributed by atoms with Crippen LogP contribution >= 0.6 is 22.9 Å². The maximum absolute atomic E-state index is 12.7. The first-order chi connectivity index (χ1) is 13.3. The third kappa shape index (κ3) is 4.90. The van der Waals surface area contributed by atoms with Gasteiger partial charge in [-0.3, -0.25) is 14.5 Å². The molecule has 28 heavy (non-hydrogen) atoms. The van der Waals surface area contributed by atoms with Crippen molar-refractivity contribution in [2.45, 2.75) is 39.7 Å². The molecule has 8 heteroatoms. The van der Waals surface area contributed by atoms with Crippen molar-refractivity contribution >= 4 is 45.6 Å². The summed E-state index contributed by atoms with van der Waals surface area (Å²) < 4.78 is 0. The molecular formula is C20H25ClN4O2S. The average Bonchev–Trinajstić information content (AvgIpc) is 3.09. The Morgan fingerprint density at radius 1 is 1.25 bits per heavy atom. The Hall–Kier alpha value is -1.96. The molecule has 1 saturated heterocycles. The molecule has 0 aliphatic carbocycles. The Balaban J connectivity index is 1.51. The van der Waals surface area contributed by atoms with E-state index < -0.39 is 0 Å². The van der Waals surface area contributed by atoms with Gasteiger partial charge in [-0.25, -0.2) is 4.98 Å². The van der Waals surface area contributed by atoms with Crippen LogP contribution in [0, 0.1) is 19.8 Å². The zero-order chi connectivity index (χ0) is 20.3. The lowest BCUT2D eigenvalue weighted by molar-refractivity contribution is -0.123. The third-order valence-corrected chi connectivity index (χ3v) is 6.49. The van der Waals surface area contributed by atoms with E-state index in [1.54, 1.807) is 6.07 Å². The van der Waals surface area contributed by atoms with E-state index in [0.717, 1.165) is 29.8 Å². The summed E-state index contributed by atoms with van der Waals surface area (Å²) in [6, 6.07) is 5.20. The van der Waals surface area contributed by atoms with E-state index in [1.165, 1.54) is 11.3 Å². The van der Waals surface area contributed by atoms with Gasteiger partial charge in [0, 0.05) is 22.0 Å². The van der Waals surface area contributed by atoms with Gasteiger partial charge >= 0.3 is 0 Å². The molecule has 1 unspecified atom stereocenters. The standard InChI is InChI=1S/C20H25ClN4O2S/c1-12-11-28-20(22-12)24-19(27)15-7-9-25(10-8-15)14(3)18(26)23-17-6-4-5-16(21)13(17)2/h4-6,11,14-15H,7-10H2,1-3H3,(H,23,26)(H,22,24,27). The molecule has 3 rings (SSSR count). The Kier molecular flexibility index (Phi) is 6.69. The number of piperidine rings is 1. The van der Waals surface area contributed by atoms with Gasteiger partial charge in [0.05, 0.1) is 11.7 Å². The van der Waals surface area contributed by atoms with Crippen LogP contribution in [0.15, 0.2) is 23.6 Å². The molecule has 0 bridgehead atoms. The van der Waals surface area contributed by atoms with E-state index in [2.05, 4.69) is 20.5 Å². The first kappa shape index (κ1) is 20.8. The number of hydrogen-bond donors (Lipinski definition) is 2. The van der Waals surface area contributed by atoms with Crippen LogP contribution in [0.25, 0.3) is 0 Å². The number of aromatic nitrogens is 1. The summed E-state index contributed by atoms with van der Waals surface area (Å²) in [5.41, 5.74) is 2.50. The lowest BCUT2D eigenvalue weighted by atomic mass is 9.95. The smallest absolute Gasteiger partial charge is 0.241 e. The SMILES string of the molecule is Cc1csc(NC(=O)C2CCN(C(C)C(=O)Nc3cccc(Cl)c3C)CC2)n1. The van der Waals surface area contributed by atoms with Crippen LogP contribution in [0.2, 0.25) is 5.02 Å². The number of carbonyl (C=O) groups is 2. The van der Waals surface area contributed by atoms with Crippen LogP contribution in [0.5, 0.6) is 0 Å².